The zero-order valence-corrected chi connectivity index (χ0v) is 17.3. The minimum absolute atomic E-state index is 0.00855. The lowest BCUT2D eigenvalue weighted by Gasteiger charge is -2.19. The van der Waals surface area contributed by atoms with Gasteiger partial charge in [0.1, 0.15) is 0 Å². The first-order chi connectivity index (χ1) is 14.4. The summed E-state index contributed by atoms with van der Waals surface area (Å²) in [5, 5.41) is 2.67. The van der Waals surface area contributed by atoms with E-state index in [1.54, 1.807) is 60.7 Å². The summed E-state index contributed by atoms with van der Waals surface area (Å²) in [6, 6.07) is 23.6. The molecule has 6 nitrogen and oxygen atoms in total. The lowest BCUT2D eigenvalue weighted by molar-refractivity contribution is -0.116. The van der Waals surface area contributed by atoms with Gasteiger partial charge >= 0.3 is 0 Å². The minimum Gasteiger partial charge on any atom is -0.326 e. The molecular formula is C23H22N2O4S. The third-order valence-electron chi connectivity index (χ3n) is 4.57. The SMILES string of the molecule is CN(c1ccccc1)S(=O)(=O)c1cccc(NC(=O)CCC(=O)c2ccccc2)c1. The number of nitrogens with zero attached hydrogens (tertiary/aromatic N) is 1. The monoisotopic (exact) mass is 422 g/mol. The van der Waals surface area contributed by atoms with Crippen LogP contribution in [0.5, 0.6) is 0 Å². The Morgan fingerprint density at radius 2 is 1.47 bits per heavy atom. The van der Waals surface area contributed by atoms with Gasteiger partial charge < -0.3 is 5.32 Å². The number of sulfonamides is 1. The lowest BCUT2D eigenvalue weighted by atomic mass is 10.1. The van der Waals surface area contributed by atoms with Crippen LogP contribution in [0.1, 0.15) is 23.2 Å². The van der Waals surface area contributed by atoms with Crippen LogP contribution in [-0.2, 0) is 14.8 Å². The van der Waals surface area contributed by atoms with Crippen molar-refractivity contribution in [3.8, 4) is 0 Å². The molecule has 1 N–H and O–H groups in total. The maximum Gasteiger partial charge on any atom is 0.264 e. The number of Topliss-reactive ketones (excluding diaryl/α,β-unsaturated/α-hetero) is 1. The summed E-state index contributed by atoms with van der Waals surface area (Å²) in [6.07, 6.45) is 0.0825. The largest absolute Gasteiger partial charge is 0.326 e. The Morgan fingerprint density at radius 3 is 2.13 bits per heavy atom. The molecule has 0 saturated carbocycles. The van der Waals surface area contributed by atoms with E-state index in [1.807, 2.05) is 12.1 Å². The van der Waals surface area contributed by atoms with Gasteiger partial charge in [0.05, 0.1) is 10.6 Å². The van der Waals surface area contributed by atoms with E-state index in [1.165, 1.54) is 23.5 Å². The Bertz CT molecular complexity index is 1130. The molecule has 3 aromatic carbocycles. The number of rotatable bonds is 8. The minimum atomic E-state index is -3.78. The number of hydrogen-bond acceptors (Lipinski definition) is 4. The molecule has 30 heavy (non-hydrogen) atoms. The maximum atomic E-state index is 12.9. The number of benzene rings is 3. The van der Waals surface area contributed by atoms with Crippen molar-refractivity contribution in [1.29, 1.82) is 0 Å². The van der Waals surface area contributed by atoms with Crippen molar-refractivity contribution in [3.63, 3.8) is 0 Å². The van der Waals surface area contributed by atoms with E-state index >= 15 is 0 Å². The number of carbonyl (C=O) groups is 2. The van der Waals surface area contributed by atoms with Gasteiger partial charge in [0.25, 0.3) is 10.0 Å². The van der Waals surface area contributed by atoms with Gasteiger partial charge in [0.2, 0.25) is 5.91 Å². The van der Waals surface area contributed by atoms with Crippen LogP contribution < -0.4 is 9.62 Å². The summed E-state index contributed by atoms with van der Waals surface area (Å²) < 4.78 is 27.0. The van der Waals surface area contributed by atoms with Crippen LogP contribution in [0.3, 0.4) is 0 Å². The van der Waals surface area contributed by atoms with Crippen molar-refractivity contribution in [2.75, 3.05) is 16.7 Å². The molecule has 154 valence electrons. The fourth-order valence-electron chi connectivity index (χ4n) is 2.89. The first kappa shape index (κ1) is 21.3. The number of nitrogens with one attached hydrogen (secondary N) is 1. The van der Waals surface area contributed by atoms with Gasteiger partial charge in [-0.1, -0.05) is 54.6 Å². The van der Waals surface area contributed by atoms with Crippen LogP contribution in [0.4, 0.5) is 11.4 Å². The summed E-state index contributed by atoms with van der Waals surface area (Å²) in [5.41, 5.74) is 1.45. The molecule has 0 aliphatic carbocycles. The number of ketones is 1. The molecular weight excluding hydrogens is 400 g/mol. The predicted octanol–water partition coefficient (Wildman–Crippen LogP) is 4.11. The van der Waals surface area contributed by atoms with Gasteiger partial charge in [0.15, 0.2) is 5.78 Å². The highest BCUT2D eigenvalue weighted by atomic mass is 32.2. The predicted molar refractivity (Wildman–Crippen MR) is 117 cm³/mol. The highest BCUT2D eigenvalue weighted by molar-refractivity contribution is 7.92. The van der Waals surface area contributed by atoms with Crippen molar-refractivity contribution in [2.24, 2.45) is 0 Å². The standard InChI is InChI=1S/C23H22N2O4S/c1-25(20-12-6-3-7-13-20)30(28,29)21-14-8-11-19(17-21)24-23(27)16-15-22(26)18-9-4-2-5-10-18/h2-14,17H,15-16H2,1H3,(H,24,27). The van der Waals surface area contributed by atoms with E-state index in [0.717, 1.165) is 0 Å². The normalized spacial score (nSPS) is 11.0. The molecule has 0 radical (unpaired) electrons. The Morgan fingerprint density at radius 1 is 0.833 bits per heavy atom. The third kappa shape index (κ3) is 5.12. The van der Waals surface area contributed by atoms with Crippen LogP contribution >= 0.6 is 0 Å². The lowest BCUT2D eigenvalue weighted by Crippen LogP contribution is -2.26. The Balaban J connectivity index is 1.66. The molecule has 3 rings (SSSR count). The van der Waals surface area contributed by atoms with Gasteiger partial charge in [-0.15, -0.1) is 0 Å². The zero-order valence-electron chi connectivity index (χ0n) is 16.5. The summed E-state index contributed by atoms with van der Waals surface area (Å²) in [6.45, 7) is 0. The molecule has 0 spiro atoms. The van der Waals surface area contributed by atoms with Crippen molar-refractivity contribution < 1.29 is 18.0 Å². The van der Waals surface area contributed by atoms with Crippen molar-refractivity contribution in [1.82, 2.24) is 0 Å². The highest BCUT2D eigenvalue weighted by Crippen LogP contribution is 2.23. The van der Waals surface area contributed by atoms with Gasteiger partial charge in [0, 0.05) is 31.1 Å². The number of anilines is 2. The summed E-state index contributed by atoms with van der Waals surface area (Å²) >= 11 is 0. The quantitative estimate of drug-likeness (QED) is 0.554. The molecule has 0 saturated heterocycles. The number of hydrogen-bond donors (Lipinski definition) is 1. The maximum absolute atomic E-state index is 12.9. The van der Waals surface area contributed by atoms with E-state index < -0.39 is 10.0 Å². The second-order valence-corrected chi connectivity index (χ2v) is 8.64. The third-order valence-corrected chi connectivity index (χ3v) is 6.35. The van der Waals surface area contributed by atoms with Gasteiger partial charge in [-0.3, -0.25) is 13.9 Å². The smallest absolute Gasteiger partial charge is 0.264 e. The molecule has 1 amide bonds. The molecule has 0 aliphatic heterocycles. The Hall–Kier alpha value is -3.45. The fraction of sp³-hybridized carbons (Fsp3) is 0.130. The van der Waals surface area contributed by atoms with Gasteiger partial charge in [-0.05, 0) is 30.3 Å². The van der Waals surface area contributed by atoms with Crippen LogP contribution in [0.25, 0.3) is 0 Å². The molecule has 0 fully saturated rings. The van der Waals surface area contributed by atoms with Gasteiger partial charge in [-0.2, -0.15) is 0 Å². The number of para-hydroxylation sites is 1. The molecule has 7 heteroatoms. The molecule has 0 bridgehead atoms. The second-order valence-electron chi connectivity index (χ2n) is 6.67. The molecule has 0 aliphatic rings. The Kier molecular flexibility index (Phi) is 6.64. The van der Waals surface area contributed by atoms with Crippen molar-refractivity contribution in [3.05, 3.63) is 90.5 Å². The molecule has 0 heterocycles. The topological polar surface area (TPSA) is 83.6 Å². The molecule has 3 aromatic rings. The molecule has 0 atom stereocenters. The Labute approximate surface area is 176 Å². The number of carbonyl (C=O) groups excluding carboxylic acids is 2. The van der Waals surface area contributed by atoms with Gasteiger partial charge in [-0.25, -0.2) is 8.42 Å². The van der Waals surface area contributed by atoms with Crippen LogP contribution in [0.2, 0.25) is 0 Å². The fourth-order valence-corrected chi connectivity index (χ4v) is 4.13. The highest BCUT2D eigenvalue weighted by Gasteiger charge is 2.21. The van der Waals surface area contributed by atoms with Crippen LogP contribution in [0.15, 0.2) is 89.8 Å². The first-order valence-electron chi connectivity index (χ1n) is 9.40. The van der Waals surface area contributed by atoms with Crippen molar-refractivity contribution in [2.45, 2.75) is 17.7 Å². The molecule has 0 unspecified atom stereocenters. The zero-order chi connectivity index (χ0) is 21.6. The van der Waals surface area contributed by atoms with E-state index in [4.69, 9.17) is 0 Å². The average molecular weight is 423 g/mol. The van der Waals surface area contributed by atoms with Crippen LogP contribution in [-0.4, -0.2) is 27.2 Å². The van der Waals surface area contributed by atoms with E-state index in [-0.39, 0.29) is 29.4 Å². The summed E-state index contributed by atoms with van der Waals surface area (Å²) in [7, 11) is -2.31. The van der Waals surface area contributed by atoms with E-state index in [9.17, 15) is 18.0 Å². The second kappa shape index (κ2) is 9.37. The van der Waals surface area contributed by atoms with Crippen LogP contribution in [0, 0.1) is 0 Å². The number of amides is 1. The average Bonchev–Trinajstić information content (AvgIpc) is 2.78. The van der Waals surface area contributed by atoms with Crippen molar-refractivity contribution >= 4 is 33.1 Å². The first-order valence-corrected chi connectivity index (χ1v) is 10.8. The summed E-state index contributed by atoms with van der Waals surface area (Å²) in [5.74, 6) is -0.475. The van der Waals surface area contributed by atoms with E-state index in [2.05, 4.69) is 5.32 Å². The molecule has 0 aromatic heterocycles. The summed E-state index contributed by atoms with van der Waals surface area (Å²) in [4.78, 5) is 24.4. The van der Waals surface area contributed by atoms with E-state index in [0.29, 0.717) is 16.9 Å².